The summed E-state index contributed by atoms with van der Waals surface area (Å²) in [6.07, 6.45) is 1.62. The number of rotatable bonds is 4. The van der Waals surface area contributed by atoms with Crippen molar-refractivity contribution in [3.05, 3.63) is 63.7 Å². The predicted molar refractivity (Wildman–Crippen MR) is 91.2 cm³/mol. The Morgan fingerprint density at radius 1 is 1.25 bits per heavy atom. The molecular weight excluding hydrogens is 306 g/mol. The lowest BCUT2D eigenvalue weighted by molar-refractivity contribution is 0.0515. The molecule has 0 amide bonds. The third-order valence-corrected chi connectivity index (χ3v) is 4.09. The number of hydrogen-bond donors (Lipinski definition) is 0. The Morgan fingerprint density at radius 2 is 1.96 bits per heavy atom. The van der Waals surface area contributed by atoms with E-state index in [1.165, 1.54) is 4.68 Å². The standard InChI is InChI=1S/C18H19N3O3/c1-4-24-18(23)16-12(2)15-14(20(16)3)10-19-21(17(15)22)11-13-8-6-5-7-9-13/h5-10H,4,11H2,1-3H3. The first-order chi connectivity index (χ1) is 11.5. The average Bonchev–Trinajstić information content (AvgIpc) is 2.83. The van der Waals surface area contributed by atoms with Gasteiger partial charge in [-0.1, -0.05) is 30.3 Å². The van der Waals surface area contributed by atoms with E-state index in [9.17, 15) is 9.59 Å². The molecule has 0 atom stereocenters. The number of ether oxygens (including phenoxy) is 1. The van der Waals surface area contributed by atoms with Gasteiger partial charge in [0.15, 0.2) is 0 Å². The SMILES string of the molecule is CCOC(=O)c1c(C)c2c(=O)n(Cc3ccccc3)ncc2n1C. The second kappa shape index (κ2) is 6.31. The zero-order valence-electron chi connectivity index (χ0n) is 13.9. The fourth-order valence-electron chi connectivity index (χ4n) is 2.94. The summed E-state index contributed by atoms with van der Waals surface area (Å²) in [5.41, 5.74) is 2.43. The number of aryl methyl sites for hydroxylation is 2. The van der Waals surface area contributed by atoms with Gasteiger partial charge in [-0.15, -0.1) is 0 Å². The van der Waals surface area contributed by atoms with Crippen LogP contribution in [0.4, 0.5) is 0 Å². The molecule has 2 aromatic heterocycles. The van der Waals surface area contributed by atoms with Gasteiger partial charge in [-0.3, -0.25) is 4.79 Å². The molecule has 0 fully saturated rings. The van der Waals surface area contributed by atoms with Crippen LogP contribution in [0.1, 0.15) is 28.5 Å². The summed E-state index contributed by atoms with van der Waals surface area (Å²) in [6.45, 7) is 4.20. The Bertz CT molecular complexity index is 955. The molecule has 6 heteroatoms. The zero-order chi connectivity index (χ0) is 17.3. The molecule has 24 heavy (non-hydrogen) atoms. The van der Waals surface area contributed by atoms with Crippen molar-refractivity contribution in [2.24, 2.45) is 7.05 Å². The van der Waals surface area contributed by atoms with Gasteiger partial charge in [0, 0.05) is 7.05 Å². The minimum Gasteiger partial charge on any atom is -0.461 e. The molecule has 3 aromatic rings. The van der Waals surface area contributed by atoms with Gasteiger partial charge in [0.2, 0.25) is 0 Å². The van der Waals surface area contributed by atoms with Crippen LogP contribution in [-0.4, -0.2) is 26.9 Å². The summed E-state index contributed by atoms with van der Waals surface area (Å²) in [7, 11) is 1.74. The molecule has 0 aliphatic heterocycles. The largest absolute Gasteiger partial charge is 0.461 e. The summed E-state index contributed by atoms with van der Waals surface area (Å²) in [5, 5.41) is 4.76. The van der Waals surface area contributed by atoms with E-state index in [0.717, 1.165) is 5.56 Å². The molecule has 124 valence electrons. The number of aromatic nitrogens is 3. The van der Waals surface area contributed by atoms with E-state index >= 15 is 0 Å². The smallest absolute Gasteiger partial charge is 0.355 e. The van der Waals surface area contributed by atoms with E-state index in [2.05, 4.69) is 5.10 Å². The van der Waals surface area contributed by atoms with Crippen molar-refractivity contribution >= 4 is 16.9 Å². The summed E-state index contributed by atoms with van der Waals surface area (Å²) in [4.78, 5) is 25.0. The van der Waals surface area contributed by atoms with Crippen LogP contribution in [0.25, 0.3) is 10.9 Å². The van der Waals surface area contributed by atoms with Gasteiger partial charge in [0.25, 0.3) is 5.56 Å². The highest BCUT2D eigenvalue weighted by molar-refractivity contribution is 5.98. The molecule has 0 aliphatic carbocycles. The fourth-order valence-corrected chi connectivity index (χ4v) is 2.94. The molecule has 6 nitrogen and oxygen atoms in total. The van der Waals surface area contributed by atoms with E-state index in [4.69, 9.17) is 4.74 Å². The maximum Gasteiger partial charge on any atom is 0.355 e. The van der Waals surface area contributed by atoms with E-state index in [-0.39, 0.29) is 12.2 Å². The minimum absolute atomic E-state index is 0.208. The maximum absolute atomic E-state index is 12.8. The van der Waals surface area contributed by atoms with Crippen LogP contribution >= 0.6 is 0 Å². The van der Waals surface area contributed by atoms with Gasteiger partial charge in [-0.2, -0.15) is 5.10 Å². The number of hydrogen-bond acceptors (Lipinski definition) is 4. The maximum atomic E-state index is 12.8. The van der Waals surface area contributed by atoms with Crippen LogP contribution in [0.15, 0.2) is 41.3 Å². The first-order valence-electron chi connectivity index (χ1n) is 7.80. The minimum atomic E-state index is -0.428. The quantitative estimate of drug-likeness (QED) is 0.690. The molecule has 2 heterocycles. The van der Waals surface area contributed by atoms with Crippen LogP contribution in [0, 0.1) is 6.92 Å². The first kappa shape index (κ1) is 16.0. The molecule has 1 aromatic carbocycles. The molecule has 0 saturated heterocycles. The van der Waals surface area contributed by atoms with Crippen LogP contribution in [0.3, 0.4) is 0 Å². The van der Waals surface area contributed by atoms with Gasteiger partial charge in [-0.05, 0) is 25.0 Å². The number of carbonyl (C=O) groups excluding carboxylic acids is 1. The zero-order valence-corrected chi connectivity index (χ0v) is 13.9. The van der Waals surface area contributed by atoms with Gasteiger partial charge < -0.3 is 9.30 Å². The summed E-state index contributed by atoms with van der Waals surface area (Å²) in [5.74, 6) is -0.428. The second-order valence-electron chi connectivity index (χ2n) is 5.61. The normalized spacial score (nSPS) is 11.0. The van der Waals surface area contributed by atoms with Crippen molar-refractivity contribution in [1.82, 2.24) is 14.3 Å². The Hall–Kier alpha value is -2.89. The lowest BCUT2D eigenvalue weighted by atomic mass is 10.2. The fraction of sp³-hybridized carbons (Fsp3) is 0.278. The number of fused-ring (bicyclic) bond motifs is 1. The number of nitrogens with zero attached hydrogens (tertiary/aromatic N) is 3. The monoisotopic (exact) mass is 325 g/mol. The Labute approximate surface area is 139 Å². The molecular formula is C18H19N3O3. The van der Waals surface area contributed by atoms with Crippen LogP contribution in [0.5, 0.6) is 0 Å². The van der Waals surface area contributed by atoms with Gasteiger partial charge in [0.1, 0.15) is 5.69 Å². The Morgan fingerprint density at radius 3 is 2.62 bits per heavy atom. The van der Waals surface area contributed by atoms with Crippen LogP contribution < -0.4 is 5.56 Å². The molecule has 0 saturated carbocycles. The van der Waals surface area contributed by atoms with E-state index in [1.54, 1.807) is 31.7 Å². The highest BCUT2D eigenvalue weighted by atomic mass is 16.5. The van der Waals surface area contributed by atoms with Gasteiger partial charge >= 0.3 is 5.97 Å². The predicted octanol–water partition coefficient (Wildman–Crippen LogP) is 2.27. The summed E-state index contributed by atoms with van der Waals surface area (Å²) in [6, 6.07) is 9.66. The van der Waals surface area contributed by atoms with Crippen molar-refractivity contribution in [2.75, 3.05) is 6.61 Å². The lowest BCUT2D eigenvalue weighted by Gasteiger charge is -2.05. The average molecular weight is 325 g/mol. The van der Waals surface area contributed by atoms with E-state index in [1.807, 2.05) is 30.3 Å². The Balaban J connectivity index is 2.14. The summed E-state index contributed by atoms with van der Waals surface area (Å²) < 4.78 is 8.18. The number of carbonyl (C=O) groups is 1. The van der Waals surface area contributed by atoms with E-state index < -0.39 is 5.97 Å². The van der Waals surface area contributed by atoms with Crippen molar-refractivity contribution in [1.29, 1.82) is 0 Å². The highest BCUT2D eigenvalue weighted by Gasteiger charge is 2.22. The van der Waals surface area contributed by atoms with Crippen molar-refractivity contribution in [3.8, 4) is 0 Å². The lowest BCUT2D eigenvalue weighted by Crippen LogP contribution is -2.23. The van der Waals surface area contributed by atoms with Gasteiger partial charge in [0.05, 0.1) is 30.3 Å². The van der Waals surface area contributed by atoms with E-state index in [0.29, 0.717) is 28.7 Å². The third-order valence-electron chi connectivity index (χ3n) is 4.09. The first-order valence-corrected chi connectivity index (χ1v) is 7.80. The molecule has 0 bridgehead atoms. The van der Waals surface area contributed by atoms with Gasteiger partial charge in [-0.25, -0.2) is 9.48 Å². The van der Waals surface area contributed by atoms with Crippen molar-refractivity contribution in [2.45, 2.75) is 20.4 Å². The second-order valence-corrected chi connectivity index (χ2v) is 5.61. The number of benzene rings is 1. The van der Waals surface area contributed by atoms with Crippen LogP contribution in [-0.2, 0) is 18.3 Å². The summed E-state index contributed by atoms with van der Waals surface area (Å²) >= 11 is 0. The molecule has 0 radical (unpaired) electrons. The highest BCUT2D eigenvalue weighted by Crippen LogP contribution is 2.22. The topological polar surface area (TPSA) is 66.1 Å². The molecule has 0 aliphatic rings. The van der Waals surface area contributed by atoms with Crippen LogP contribution in [0.2, 0.25) is 0 Å². The number of esters is 1. The van der Waals surface area contributed by atoms with Crippen molar-refractivity contribution in [3.63, 3.8) is 0 Å². The molecule has 3 rings (SSSR count). The molecule has 0 spiro atoms. The Kier molecular flexibility index (Phi) is 4.20. The third kappa shape index (κ3) is 2.60. The van der Waals surface area contributed by atoms with Crippen molar-refractivity contribution < 1.29 is 9.53 Å². The molecule has 0 N–H and O–H groups in total. The molecule has 0 unspecified atom stereocenters.